The molecule has 1 aromatic carbocycles. The van der Waals surface area contributed by atoms with Crippen molar-refractivity contribution in [2.24, 2.45) is 17.6 Å². The second kappa shape index (κ2) is 6.40. The maximum Gasteiger partial charge on any atom is 0.226 e. The van der Waals surface area contributed by atoms with Gasteiger partial charge in [0.2, 0.25) is 5.91 Å². The topological polar surface area (TPSA) is 46.3 Å². The highest BCUT2D eigenvalue weighted by Crippen LogP contribution is 2.42. The Balaban J connectivity index is 2.08. The number of hydrogen-bond donors (Lipinski definition) is 1. The first-order chi connectivity index (χ1) is 9.58. The molecule has 0 aliphatic heterocycles. The maximum absolute atomic E-state index is 12.5. The molecule has 0 heterocycles. The molecule has 1 aliphatic rings. The van der Waals surface area contributed by atoms with Crippen LogP contribution in [0.25, 0.3) is 0 Å². The number of carbonyl (C=O) groups excluding carboxylic acids is 1. The lowest BCUT2D eigenvalue weighted by Crippen LogP contribution is -2.46. The maximum atomic E-state index is 12.5. The summed E-state index contributed by atoms with van der Waals surface area (Å²) >= 11 is 0. The Morgan fingerprint density at radius 1 is 1.35 bits per heavy atom. The highest BCUT2D eigenvalue weighted by atomic mass is 16.2. The van der Waals surface area contributed by atoms with E-state index in [1.807, 2.05) is 24.8 Å². The van der Waals surface area contributed by atoms with E-state index in [0.29, 0.717) is 5.92 Å². The smallest absolute Gasteiger partial charge is 0.226 e. The first kappa shape index (κ1) is 15.0. The third-order valence-corrected chi connectivity index (χ3v) is 4.61. The summed E-state index contributed by atoms with van der Waals surface area (Å²) in [6.07, 6.45) is 2.05. The van der Waals surface area contributed by atoms with Crippen molar-refractivity contribution in [3.63, 3.8) is 0 Å². The minimum Gasteiger partial charge on any atom is -0.343 e. The Labute approximate surface area is 122 Å². The first-order valence-electron chi connectivity index (χ1n) is 7.69. The molecule has 0 bridgehead atoms. The predicted molar refractivity (Wildman–Crippen MR) is 82.2 cm³/mol. The summed E-state index contributed by atoms with van der Waals surface area (Å²) in [4.78, 5) is 14.4. The standard InChI is InChI=1S/C17H26N2O/c1-4-19(5-2)17(20)15-10-9-14(15)16(18)13-8-6-7-12(3)11-13/h6-8,11,14-16H,4-5,9-10,18H2,1-3H3/t14-,15+,16?/m0/s1. The van der Waals surface area contributed by atoms with E-state index in [0.717, 1.165) is 31.5 Å². The fourth-order valence-corrected chi connectivity index (χ4v) is 3.16. The third-order valence-electron chi connectivity index (χ3n) is 4.61. The van der Waals surface area contributed by atoms with E-state index >= 15 is 0 Å². The lowest BCUT2D eigenvalue weighted by Gasteiger charge is -2.41. The molecule has 1 fully saturated rings. The lowest BCUT2D eigenvalue weighted by atomic mass is 9.67. The van der Waals surface area contributed by atoms with Crippen molar-refractivity contribution < 1.29 is 4.79 Å². The van der Waals surface area contributed by atoms with Crippen LogP contribution in [0.4, 0.5) is 0 Å². The number of carbonyl (C=O) groups is 1. The number of nitrogens with zero attached hydrogens (tertiary/aromatic N) is 1. The van der Waals surface area contributed by atoms with Gasteiger partial charge in [0.1, 0.15) is 0 Å². The molecule has 3 nitrogen and oxygen atoms in total. The molecule has 1 amide bonds. The Morgan fingerprint density at radius 2 is 2.05 bits per heavy atom. The molecular formula is C17H26N2O. The average Bonchev–Trinajstić information content (AvgIpc) is 2.38. The fourth-order valence-electron chi connectivity index (χ4n) is 3.16. The molecule has 1 aromatic rings. The molecule has 1 unspecified atom stereocenters. The number of benzene rings is 1. The highest BCUT2D eigenvalue weighted by Gasteiger charge is 2.41. The zero-order chi connectivity index (χ0) is 14.7. The van der Waals surface area contributed by atoms with Gasteiger partial charge in [0.05, 0.1) is 0 Å². The molecule has 2 N–H and O–H groups in total. The lowest BCUT2D eigenvalue weighted by molar-refractivity contribution is -0.141. The molecule has 0 radical (unpaired) electrons. The van der Waals surface area contributed by atoms with E-state index in [2.05, 4.69) is 25.1 Å². The Kier molecular flexibility index (Phi) is 4.81. The summed E-state index contributed by atoms with van der Waals surface area (Å²) in [5.74, 6) is 0.699. The number of rotatable bonds is 5. The normalized spacial score (nSPS) is 23.0. The quantitative estimate of drug-likeness (QED) is 0.897. The van der Waals surface area contributed by atoms with Gasteiger partial charge < -0.3 is 10.6 Å². The SMILES string of the molecule is CCN(CC)C(=O)[C@@H]1CC[C@@H]1C(N)c1cccc(C)c1. The number of nitrogens with two attached hydrogens (primary N) is 1. The van der Waals surface area contributed by atoms with Crippen molar-refractivity contribution in [3.8, 4) is 0 Å². The van der Waals surface area contributed by atoms with Crippen molar-refractivity contribution in [1.29, 1.82) is 0 Å². The summed E-state index contributed by atoms with van der Waals surface area (Å²) in [6.45, 7) is 7.73. The van der Waals surface area contributed by atoms with Crippen molar-refractivity contribution >= 4 is 5.91 Å². The van der Waals surface area contributed by atoms with E-state index < -0.39 is 0 Å². The largest absolute Gasteiger partial charge is 0.343 e. The summed E-state index contributed by atoms with van der Waals surface area (Å²) in [5.41, 5.74) is 8.79. The van der Waals surface area contributed by atoms with Gasteiger partial charge in [-0.15, -0.1) is 0 Å². The summed E-state index contributed by atoms with van der Waals surface area (Å²) < 4.78 is 0. The molecule has 0 saturated heterocycles. The van der Waals surface area contributed by atoms with E-state index in [1.165, 1.54) is 5.56 Å². The van der Waals surface area contributed by atoms with Gasteiger partial charge in [-0.25, -0.2) is 0 Å². The van der Waals surface area contributed by atoms with Crippen LogP contribution in [0.5, 0.6) is 0 Å². The minimum absolute atomic E-state index is 0.0202. The Morgan fingerprint density at radius 3 is 2.55 bits per heavy atom. The average molecular weight is 274 g/mol. The van der Waals surface area contributed by atoms with Gasteiger partial charge in [-0.3, -0.25) is 4.79 Å². The van der Waals surface area contributed by atoms with Crippen LogP contribution in [0, 0.1) is 18.8 Å². The van der Waals surface area contributed by atoms with Gasteiger partial charge in [0.15, 0.2) is 0 Å². The van der Waals surface area contributed by atoms with E-state index in [9.17, 15) is 4.79 Å². The first-order valence-corrected chi connectivity index (χ1v) is 7.69. The fraction of sp³-hybridized carbons (Fsp3) is 0.588. The molecule has 20 heavy (non-hydrogen) atoms. The van der Waals surface area contributed by atoms with Crippen molar-refractivity contribution in [3.05, 3.63) is 35.4 Å². The van der Waals surface area contributed by atoms with Gasteiger partial charge in [0.25, 0.3) is 0 Å². The van der Waals surface area contributed by atoms with E-state index in [4.69, 9.17) is 5.73 Å². The molecule has 3 heteroatoms. The molecule has 110 valence electrons. The molecule has 1 aliphatic carbocycles. The second-order valence-electron chi connectivity index (χ2n) is 5.80. The summed E-state index contributed by atoms with van der Waals surface area (Å²) in [5, 5.41) is 0. The van der Waals surface area contributed by atoms with Gasteiger partial charge in [-0.05, 0) is 45.1 Å². The van der Waals surface area contributed by atoms with Crippen LogP contribution < -0.4 is 5.73 Å². The monoisotopic (exact) mass is 274 g/mol. The van der Waals surface area contributed by atoms with Gasteiger partial charge in [-0.1, -0.05) is 29.8 Å². The van der Waals surface area contributed by atoms with Crippen LogP contribution in [0.3, 0.4) is 0 Å². The molecule has 3 atom stereocenters. The minimum atomic E-state index is -0.0202. The Bertz CT molecular complexity index is 468. The number of aryl methyl sites for hydroxylation is 1. The van der Waals surface area contributed by atoms with Crippen LogP contribution in [0.15, 0.2) is 24.3 Å². The van der Waals surface area contributed by atoms with E-state index in [-0.39, 0.29) is 17.9 Å². The van der Waals surface area contributed by atoms with Crippen LogP contribution in [0.2, 0.25) is 0 Å². The van der Waals surface area contributed by atoms with Crippen molar-refractivity contribution in [1.82, 2.24) is 4.90 Å². The number of hydrogen-bond acceptors (Lipinski definition) is 2. The number of amides is 1. The summed E-state index contributed by atoms with van der Waals surface area (Å²) in [6, 6.07) is 8.32. The molecular weight excluding hydrogens is 248 g/mol. The molecule has 2 rings (SSSR count). The van der Waals surface area contributed by atoms with Crippen LogP contribution in [-0.4, -0.2) is 23.9 Å². The van der Waals surface area contributed by atoms with Crippen LogP contribution in [-0.2, 0) is 4.79 Å². The molecule has 0 aromatic heterocycles. The van der Waals surface area contributed by atoms with Crippen LogP contribution >= 0.6 is 0 Å². The van der Waals surface area contributed by atoms with Gasteiger partial charge >= 0.3 is 0 Å². The van der Waals surface area contributed by atoms with Gasteiger partial charge in [0, 0.05) is 25.0 Å². The predicted octanol–water partition coefficient (Wildman–Crippen LogP) is 2.89. The Hall–Kier alpha value is -1.35. The summed E-state index contributed by atoms with van der Waals surface area (Å²) in [7, 11) is 0. The molecule has 1 saturated carbocycles. The van der Waals surface area contributed by atoms with Crippen molar-refractivity contribution in [2.45, 2.75) is 39.7 Å². The second-order valence-corrected chi connectivity index (χ2v) is 5.80. The van der Waals surface area contributed by atoms with Gasteiger partial charge in [-0.2, -0.15) is 0 Å². The molecule has 0 spiro atoms. The van der Waals surface area contributed by atoms with Crippen LogP contribution in [0.1, 0.15) is 43.9 Å². The zero-order valence-corrected chi connectivity index (χ0v) is 12.8. The zero-order valence-electron chi connectivity index (χ0n) is 12.8. The highest BCUT2D eigenvalue weighted by molar-refractivity contribution is 5.80. The van der Waals surface area contributed by atoms with Crippen molar-refractivity contribution in [2.75, 3.05) is 13.1 Å². The van der Waals surface area contributed by atoms with E-state index in [1.54, 1.807) is 0 Å². The third kappa shape index (κ3) is 2.88.